The normalized spacial score (nSPS) is 21.8. The zero-order chi connectivity index (χ0) is 43.4. The Morgan fingerprint density at radius 1 is 0.576 bits per heavy atom. The summed E-state index contributed by atoms with van der Waals surface area (Å²) in [7, 11) is 0. The third kappa shape index (κ3) is 28.2. The number of ether oxygens (including phenoxy) is 2. The van der Waals surface area contributed by atoms with Gasteiger partial charge in [-0.15, -0.1) is 0 Å². The molecule has 1 heterocycles. The molecule has 1 rings (SSSR count). The fourth-order valence-electron chi connectivity index (χ4n) is 7.96. The molecular weight excluding hydrogens is 751 g/mol. The van der Waals surface area contributed by atoms with E-state index in [1.54, 1.807) is 0 Å². The number of nitrogens with one attached hydrogen (secondary N) is 1. The van der Waals surface area contributed by atoms with Gasteiger partial charge in [-0.3, -0.25) is 4.79 Å². The summed E-state index contributed by atoms with van der Waals surface area (Å²) in [6.45, 7) is 3.43. The van der Waals surface area contributed by atoms with Crippen LogP contribution in [0.25, 0.3) is 0 Å². The van der Waals surface area contributed by atoms with Crippen LogP contribution in [0.3, 0.4) is 0 Å². The Hall–Kier alpha value is -1.15. The third-order valence-corrected chi connectivity index (χ3v) is 12.1. The predicted molar refractivity (Wildman–Crippen MR) is 238 cm³/mol. The van der Waals surface area contributed by atoms with Gasteiger partial charge in [0.05, 0.1) is 25.4 Å². The number of rotatable bonds is 41. The van der Waals surface area contributed by atoms with Crippen molar-refractivity contribution >= 4 is 5.91 Å². The van der Waals surface area contributed by atoms with Crippen LogP contribution >= 0.6 is 0 Å². The summed E-state index contributed by atoms with van der Waals surface area (Å²) in [5.41, 5.74) is 0. The molecule has 0 aromatic heterocycles. The smallest absolute Gasteiger partial charge is 0.249 e. The second kappa shape index (κ2) is 38.5. The average Bonchev–Trinajstić information content (AvgIpc) is 3.23. The van der Waals surface area contributed by atoms with E-state index in [1.165, 1.54) is 141 Å². The van der Waals surface area contributed by atoms with Gasteiger partial charge in [-0.1, -0.05) is 193 Å². The van der Waals surface area contributed by atoms with Crippen molar-refractivity contribution in [2.75, 3.05) is 13.2 Å². The molecule has 11 nitrogen and oxygen atoms in total. The maximum Gasteiger partial charge on any atom is 0.249 e. The first-order valence-corrected chi connectivity index (χ1v) is 24.6. The number of carbonyl (C=O) groups is 1. The number of aliphatic hydroxyl groups excluding tert-OH is 7. The Balaban J connectivity index is 2.39. The minimum Gasteiger partial charge on any atom is -0.394 e. The molecule has 1 fully saturated rings. The molecule has 8 N–H and O–H groups in total. The topological polar surface area (TPSA) is 189 Å². The largest absolute Gasteiger partial charge is 0.394 e. The molecule has 0 unspecified atom stereocenters. The Labute approximate surface area is 360 Å². The Morgan fingerprint density at radius 3 is 1.44 bits per heavy atom. The van der Waals surface area contributed by atoms with E-state index in [1.807, 2.05) is 0 Å². The molecule has 0 aromatic carbocycles. The van der Waals surface area contributed by atoms with Gasteiger partial charge >= 0.3 is 0 Å². The quantitative estimate of drug-likeness (QED) is 0.0219. The molecule has 9 atom stereocenters. The van der Waals surface area contributed by atoms with Gasteiger partial charge < -0.3 is 50.5 Å². The van der Waals surface area contributed by atoms with E-state index in [2.05, 4.69) is 31.3 Å². The number of hydrogen-bond donors (Lipinski definition) is 8. The van der Waals surface area contributed by atoms with Gasteiger partial charge in [0.15, 0.2) is 6.29 Å². The van der Waals surface area contributed by atoms with E-state index in [4.69, 9.17) is 9.47 Å². The molecule has 11 heteroatoms. The Morgan fingerprint density at radius 2 is 0.983 bits per heavy atom. The first kappa shape index (κ1) is 55.9. The van der Waals surface area contributed by atoms with Crippen molar-refractivity contribution in [2.24, 2.45) is 0 Å². The van der Waals surface area contributed by atoms with Crippen molar-refractivity contribution in [3.05, 3.63) is 12.2 Å². The molecule has 1 aliphatic heterocycles. The molecule has 1 aliphatic rings. The van der Waals surface area contributed by atoms with Crippen LogP contribution in [-0.4, -0.2) is 110 Å². The summed E-state index contributed by atoms with van der Waals surface area (Å²) in [6, 6.07) is -1.17. The average molecular weight is 844 g/mol. The number of aliphatic hydroxyl groups is 7. The molecule has 1 amide bonds. The highest BCUT2D eigenvalue weighted by atomic mass is 16.7. The Kier molecular flexibility index (Phi) is 36.5. The third-order valence-electron chi connectivity index (χ3n) is 12.1. The van der Waals surface area contributed by atoms with E-state index < -0.39 is 74.2 Å². The van der Waals surface area contributed by atoms with Gasteiger partial charge in [-0.05, 0) is 38.5 Å². The van der Waals surface area contributed by atoms with Crippen LogP contribution in [0.1, 0.15) is 219 Å². The molecule has 59 heavy (non-hydrogen) atoms. The first-order chi connectivity index (χ1) is 28.7. The highest BCUT2D eigenvalue weighted by Crippen LogP contribution is 2.23. The lowest BCUT2D eigenvalue weighted by atomic mass is 9.98. The van der Waals surface area contributed by atoms with Gasteiger partial charge in [0.25, 0.3) is 0 Å². The van der Waals surface area contributed by atoms with Crippen LogP contribution in [0.4, 0.5) is 0 Å². The van der Waals surface area contributed by atoms with Crippen LogP contribution in [0, 0.1) is 0 Å². The molecule has 0 spiro atoms. The molecule has 0 aliphatic carbocycles. The molecule has 1 saturated heterocycles. The minimum absolute atomic E-state index is 0.260. The van der Waals surface area contributed by atoms with Crippen molar-refractivity contribution in [2.45, 2.75) is 274 Å². The van der Waals surface area contributed by atoms with Crippen LogP contribution < -0.4 is 5.32 Å². The zero-order valence-corrected chi connectivity index (χ0v) is 37.7. The summed E-state index contributed by atoms with van der Waals surface area (Å²) in [5, 5.41) is 75.7. The second-order valence-corrected chi connectivity index (χ2v) is 17.5. The van der Waals surface area contributed by atoms with Gasteiger partial charge in [-0.25, -0.2) is 0 Å². The molecule has 0 radical (unpaired) electrons. The summed E-state index contributed by atoms with van der Waals surface area (Å²) in [5.74, 6) is -0.702. The number of hydrogen-bond acceptors (Lipinski definition) is 10. The van der Waals surface area contributed by atoms with Crippen LogP contribution in [0.15, 0.2) is 12.2 Å². The number of carbonyl (C=O) groups excluding carboxylic acids is 1. The fourth-order valence-corrected chi connectivity index (χ4v) is 7.96. The molecular formula is C48H93NO10. The lowest BCUT2D eigenvalue weighted by Gasteiger charge is -2.40. The molecule has 0 bridgehead atoms. The van der Waals surface area contributed by atoms with Crippen molar-refractivity contribution in [1.82, 2.24) is 5.32 Å². The van der Waals surface area contributed by atoms with E-state index in [9.17, 15) is 40.5 Å². The Bertz CT molecular complexity index is 970. The number of allylic oxidation sites excluding steroid dienone is 2. The fraction of sp³-hybridized carbons (Fsp3) is 0.938. The maximum atomic E-state index is 13.1. The maximum absolute atomic E-state index is 13.1. The van der Waals surface area contributed by atoms with E-state index in [0.717, 1.165) is 38.5 Å². The minimum atomic E-state index is -1.66. The molecule has 350 valence electrons. The summed E-state index contributed by atoms with van der Waals surface area (Å²) in [6.07, 6.45) is 29.8. The summed E-state index contributed by atoms with van der Waals surface area (Å²) < 4.78 is 11.1. The van der Waals surface area contributed by atoms with Crippen LogP contribution in [0.2, 0.25) is 0 Å². The van der Waals surface area contributed by atoms with E-state index >= 15 is 0 Å². The van der Waals surface area contributed by atoms with Gasteiger partial charge in [-0.2, -0.15) is 0 Å². The lowest BCUT2D eigenvalue weighted by Crippen LogP contribution is -2.60. The van der Waals surface area contributed by atoms with Gasteiger partial charge in [0.2, 0.25) is 5.91 Å². The van der Waals surface area contributed by atoms with Crippen molar-refractivity contribution in [3.63, 3.8) is 0 Å². The van der Waals surface area contributed by atoms with Crippen molar-refractivity contribution < 1.29 is 50.0 Å². The van der Waals surface area contributed by atoms with Gasteiger partial charge in [0, 0.05) is 0 Å². The predicted octanol–water partition coefficient (Wildman–Crippen LogP) is 8.45. The van der Waals surface area contributed by atoms with Crippen molar-refractivity contribution in [1.29, 1.82) is 0 Å². The first-order valence-electron chi connectivity index (χ1n) is 24.6. The highest BCUT2D eigenvalue weighted by Gasteiger charge is 2.44. The molecule has 0 aromatic rings. The number of unbranched alkanes of at least 4 members (excludes halogenated alkanes) is 27. The lowest BCUT2D eigenvalue weighted by molar-refractivity contribution is -0.303. The van der Waals surface area contributed by atoms with E-state index in [0.29, 0.717) is 12.8 Å². The van der Waals surface area contributed by atoms with Crippen LogP contribution in [0.5, 0.6) is 0 Å². The zero-order valence-electron chi connectivity index (χ0n) is 37.7. The SMILES string of the molecule is CCCCCCCC/C=C\CCCC[C@@H](O)[C@@H](O)[C@@H](CO[C@@H]1O[C@H](CO)[C@@H](O)[C@H](O)[C@H]1O)NC(=O)[C@H](O)CCCCCCCCCCCCCCCCCCCCCC. The van der Waals surface area contributed by atoms with Crippen LogP contribution in [-0.2, 0) is 14.3 Å². The van der Waals surface area contributed by atoms with Gasteiger partial charge in [0.1, 0.15) is 36.6 Å². The second-order valence-electron chi connectivity index (χ2n) is 17.5. The molecule has 0 saturated carbocycles. The monoisotopic (exact) mass is 844 g/mol. The summed E-state index contributed by atoms with van der Waals surface area (Å²) in [4.78, 5) is 13.1. The standard InChI is InChI=1S/C48H93NO10/c1-3-5-7-9-11-13-15-17-18-19-20-21-22-23-24-26-28-30-32-34-36-41(52)47(57)49-39(38-58-48-46(56)45(55)44(54)42(37-50)59-48)43(53)40(51)35-33-31-29-27-25-16-14-12-10-8-6-4-2/h25,27,39-46,48,50-56H,3-24,26,28-38H2,1-2H3,(H,49,57)/b27-25-/t39-,40-,41-,42-,43+,44-,45+,46-,48-/m1/s1. The highest BCUT2D eigenvalue weighted by molar-refractivity contribution is 5.80. The summed E-state index contributed by atoms with van der Waals surface area (Å²) >= 11 is 0. The van der Waals surface area contributed by atoms with Crippen molar-refractivity contribution in [3.8, 4) is 0 Å². The van der Waals surface area contributed by atoms with E-state index in [-0.39, 0.29) is 12.8 Å². The number of amides is 1.